The number of aromatic nitrogens is 2. The molecule has 0 aliphatic heterocycles. The molecule has 94 valence electrons. The summed E-state index contributed by atoms with van der Waals surface area (Å²) in [6.45, 7) is 0. The molecule has 18 heavy (non-hydrogen) atoms. The minimum Gasteiger partial charge on any atom is -0.335 e. The number of halogens is 3. The van der Waals surface area contributed by atoms with Gasteiger partial charge in [0.2, 0.25) is 0 Å². The van der Waals surface area contributed by atoms with Crippen LogP contribution in [0.15, 0.2) is 29.4 Å². The summed E-state index contributed by atoms with van der Waals surface area (Å²) < 4.78 is 26.9. The van der Waals surface area contributed by atoms with Crippen molar-refractivity contribution < 1.29 is 8.78 Å². The van der Waals surface area contributed by atoms with Crippen LogP contribution in [-0.2, 0) is 0 Å². The topological polar surface area (TPSA) is 37.8 Å². The van der Waals surface area contributed by atoms with Gasteiger partial charge in [0.05, 0.1) is 0 Å². The van der Waals surface area contributed by atoms with E-state index in [2.05, 4.69) is 15.3 Å². The lowest BCUT2D eigenvalue weighted by atomic mass is 10.3. The molecule has 7 heteroatoms. The van der Waals surface area contributed by atoms with Crippen LogP contribution in [0.4, 0.5) is 20.3 Å². The fraction of sp³-hybridized carbons (Fsp3) is 0.0909. The van der Waals surface area contributed by atoms with E-state index < -0.39 is 11.6 Å². The number of para-hydroxylation sites is 1. The molecule has 0 radical (unpaired) electrons. The molecule has 3 nitrogen and oxygen atoms in total. The Balaban J connectivity index is 2.37. The quantitative estimate of drug-likeness (QED) is 0.528. The van der Waals surface area contributed by atoms with Gasteiger partial charge in [0.25, 0.3) is 0 Å². The van der Waals surface area contributed by atoms with Crippen molar-refractivity contribution in [2.45, 2.75) is 5.16 Å². The maximum absolute atomic E-state index is 13.4. The van der Waals surface area contributed by atoms with Gasteiger partial charge >= 0.3 is 0 Å². The van der Waals surface area contributed by atoms with Crippen LogP contribution in [-0.4, -0.2) is 16.2 Å². The van der Waals surface area contributed by atoms with Crippen molar-refractivity contribution in [1.29, 1.82) is 0 Å². The van der Waals surface area contributed by atoms with Gasteiger partial charge < -0.3 is 5.32 Å². The lowest BCUT2D eigenvalue weighted by Gasteiger charge is -2.08. The fourth-order valence-electron chi connectivity index (χ4n) is 1.30. The van der Waals surface area contributed by atoms with E-state index in [0.717, 1.165) is 12.1 Å². The Labute approximate surface area is 112 Å². The minimum absolute atomic E-state index is 0.202. The van der Waals surface area contributed by atoms with Crippen molar-refractivity contribution in [3.63, 3.8) is 0 Å². The Kier molecular flexibility index (Phi) is 3.98. The van der Waals surface area contributed by atoms with E-state index in [9.17, 15) is 8.78 Å². The first-order valence-corrected chi connectivity index (χ1v) is 6.50. The molecule has 1 heterocycles. The maximum atomic E-state index is 13.4. The highest BCUT2D eigenvalue weighted by Crippen LogP contribution is 2.24. The molecule has 1 aromatic carbocycles. The SMILES string of the molecule is CSc1nc(Cl)cc(Nc2c(F)cccc2F)n1. The van der Waals surface area contributed by atoms with Crippen molar-refractivity contribution >= 4 is 34.9 Å². The van der Waals surface area contributed by atoms with E-state index in [-0.39, 0.29) is 16.7 Å². The molecule has 2 aromatic rings. The van der Waals surface area contributed by atoms with Gasteiger partial charge in [-0.1, -0.05) is 29.4 Å². The summed E-state index contributed by atoms with van der Waals surface area (Å²) in [6.07, 6.45) is 1.78. The molecule has 0 spiro atoms. The van der Waals surface area contributed by atoms with Gasteiger partial charge in [-0.05, 0) is 18.4 Å². The van der Waals surface area contributed by atoms with Crippen molar-refractivity contribution in [3.05, 3.63) is 41.1 Å². The molecule has 0 aliphatic carbocycles. The van der Waals surface area contributed by atoms with Crippen LogP contribution >= 0.6 is 23.4 Å². The molecule has 2 rings (SSSR count). The second kappa shape index (κ2) is 5.49. The number of nitrogens with one attached hydrogen (secondary N) is 1. The molecule has 0 saturated carbocycles. The highest BCUT2D eigenvalue weighted by Gasteiger charge is 2.10. The van der Waals surface area contributed by atoms with E-state index in [1.165, 1.54) is 23.9 Å². The molecular formula is C11H8ClF2N3S. The highest BCUT2D eigenvalue weighted by molar-refractivity contribution is 7.98. The van der Waals surface area contributed by atoms with Crippen LogP contribution < -0.4 is 5.32 Å². The van der Waals surface area contributed by atoms with E-state index in [1.54, 1.807) is 6.26 Å². The van der Waals surface area contributed by atoms with Crippen molar-refractivity contribution in [1.82, 2.24) is 9.97 Å². The molecule has 1 N–H and O–H groups in total. The summed E-state index contributed by atoms with van der Waals surface area (Å²) in [6, 6.07) is 5.00. The monoisotopic (exact) mass is 287 g/mol. The lowest BCUT2D eigenvalue weighted by molar-refractivity contribution is 0.590. The second-order valence-electron chi connectivity index (χ2n) is 3.28. The van der Waals surface area contributed by atoms with Gasteiger partial charge in [-0.25, -0.2) is 18.7 Å². The highest BCUT2D eigenvalue weighted by atomic mass is 35.5. The van der Waals surface area contributed by atoms with Crippen LogP contribution in [0.5, 0.6) is 0 Å². The van der Waals surface area contributed by atoms with Gasteiger partial charge in [0.15, 0.2) is 5.16 Å². The summed E-state index contributed by atoms with van der Waals surface area (Å²) in [5.74, 6) is -1.16. The zero-order valence-electron chi connectivity index (χ0n) is 9.25. The Morgan fingerprint density at radius 2 is 1.89 bits per heavy atom. The fourth-order valence-corrected chi connectivity index (χ4v) is 1.91. The molecule has 0 unspecified atom stereocenters. The molecular weight excluding hydrogens is 280 g/mol. The third-order valence-electron chi connectivity index (χ3n) is 2.07. The number of anilines is 2. The molecule has 1 aromatic heterocycles. The molecule has 0 aliphatic rings. The van der Waals surface area contributed by atoms with Crippen LogP contribution in [0.2, 0.25) is 5.15 Å². The number of rotatable bonds is 3. The Morgan fingerprint density at radius 3 is 2.50 bits per heavy atom. The first-order valence-electron chi connectivity index (χ1n) is 4.90. The van der Waals surface area contributed by atoms with Crippen LogP contribution in [0.1, 0.15) is 0 Å². The van der Waals surface area contributed by atoms with Gasteiger partial charge in [-0.2, -0.15) is 0 Å². The van der Waals surface area contributed by atoms with E-state index in [4.69, 9.17) is 11.6 Å². The summed E-state index contributed by atoms with van der Waals surface area (Å²) in [5, 5.41) is 3.18. The predicted molar refractivity (Wildman–Crippen MR) is 68.5 cm³/mol. The van der Waals surface area contributed by atoms with Crippen molar-refractivity contribution in [3.8, 4) is 0 Å². The largest absolute Gasteiger partial charge is 0.335 e. The summed E-state index contributed by atoms with van der Waals surface area (Å²) in [4.78, 5) is 7.98. The Morgan fingerprint density at radius 1 is 1.22 bits per heavy atom. The van der Waals surface area contributed by atoms with E-state index in [1.807, 2.05) is 0 Å². The summed E-state index contributed by atoms with van der Waals surface area (Å²) >= 11 is 7.06. The minimum atomic E-state index is -0.699. The van der Waals surface area contributed by atoms with E-state index in [0.29, 0.717) is 5.16 Å². The summed E-state index contributed by atoms with van der Waals surface area (Å²) in [7, 11) is 0. The smallest absolute Gasteiger partial charge is 0.190 e. The number of nitrogens with zero attached hydrogens (tertiary/aromatic N) is 2. The number of hydrogen-bond donors (Lipinski definition) is 1. The first kappa shape index (κ1) is 13.0. The standard InChI is InChI=1S/C11H8ClF2N3S/c1-18-11-15-8(12)5-9(17-11)16-10-6(13)3-2-4-7(10)14/h2-5H,1H3,(H,15,16,17). The molecule has 0 atom stereocenters. The Bertz CT molecular complexity index is 560. The normalized spacial score (nSPS) is 10.4. The molecule has 0 amide bonds. The van der Waals surface area contributed by atoms with Gasteiger partial charge in [0.1, 0.15) is 28.3 Å². The zero-order chi connectivity index (χ0) is 13.1. The third kappa shape index (κ3) is 2.88. The predicted octanol–water partition coefficient (Wildman–Crippen LogP) is 3.87. The number of benzene rings is 1. The average molecular weight is 288 g/mol. The lowest BCUT2D eigenvalue weighted by Crippen LogP contribution is -2.00. The first-order chi connectivity index (χ1) is 8.60. The number of hydrogen-bond acceptors (Lipinski definition) is 4. The van der Waals surface area contributed by atoms with Crippen LogP contribution in [0.3, 0.4) is 0 Å². The molecule has 0 fully saturated rings. The van der Waals surface area contributed by atoms with Gasteiger partial charge in [-0.3, -0.25) is 0 Å². The second-order valence-corrected chi connectivity index (χ2v) is 4.44. The zero-order valence-corrected chi connectivity index (χ0v) is 10.8. The molecule has 0 saturated heterocycles. The summed E-state index contributed by atoms with van der Waals surface area (Å²) in [5.41, 5.74) is -0.265. The van der Waals surface area contributed by atoms with E-state index >= 15 is 0 Å². The number of thioether (sulfide) groups is 1. The van der Waals surface area contributed by atoms with Crippen molar-refractivity contribution in [2.24, 2.45) is 0 Å². The maximum Gasteiger partial charge on any atom is 0.190 e. The van der Waals surface area contributed by atoms with Gasteiger partial charge in [0, 0.05) is 6.07 Å². The van der Waals surface area contributed by atoms with Crippen LogP contribution in [0.25, 0.3) is 0 Å². The Hall–Kier alpha value is -1.40. The van der Waals surface area contributed by atoms with Crippen LogP contribution in [0, 0.1) is 11.6 Å². The average Bonchev–Trinajstić information content (AvgIpc) is 2.33. The van der Waals surface area contributed by atoms with Crippen molar-refractivity contribution in [2.75, 3.05) is 11.6 Å². The van der Waals surface area contributed by atoms with Gasteiger partial charge in [-0.15, -0.1) is 0 Å². The molecule has 0 bridgehead atoms. The third-order valence-corrected chi connectivity index (χ3v) is 2.81.